The summed E-state index contributed by atoms with van der Waals surface area (Å²) in [5.74, 6) is -0.0597. The number of aromatic nitrogens is 2. The molecule has 2 rings (SSSR count). The van der Waals surface area contributed by atoms with Crippen molar-refractivity contribution in [3.05, 3.63) is 12.0 Å². The summed E-state index contributed by atoms with van der Waals surface area (Å²) in [6.45, 7) is 3.13. The highest BCUT2D eigenvalue weighted by atomic mass is 19.1. The Hall–Kier alpha value is -1.96. The van der Waals surface area contributed by atoms with Gasteiger partial charge in [0.2, 0.25) is 11.9 Å². The third-order valence-corrected chi connectivity index (χ3v) is 3.02. The van der Waals surface area contributed by atoms with Crippen LogP contribution in [0.25, 0.3) is 0 Å². The lowest BCUT2D eigenvalue weighted by molar-refractivity contribution is -0.129. The summed E-state index contributed by atoms with van der Waals surface area (Å²) in [5, 5.41) is 6.02. The molecule has 0 atom stereocenters. The Morgan fingerprint density at radius 2 is 2.20 bits per heavy atom. The number of piperazine rings is 1. The third kappa shape index (κ3) is 3.53. The van der Waals surface area contributed by atoms with Crippen LogP contribution < -0.4 is 15.5 Å². The maximum Gasteiger partial charge on any atom is 0.242 e. The van der Waals surface area contributed by atoms with E-state index >= 15 is 0 Å². The number of amides is 1. The SMILES string of the molecule is CN(C)c1nc(NCC(=O)N2CCNCC2)ncc1F. The Labute approximate surface area is 117 Å². The number of nitrogens with zero attached hydrogens (tertiary/aromatic N) is 4. The normalized spacial score (nSPS) is 15.1. The van der Waals surface area contributed by atoms with Crippen LogP contribution in [0.5, 0.6) is 0 Å². The monoisotopic (exact) mass is 282 g/mol. The molecule has 110 valence electrons. The van der Waals surface area contributed by atoms with Crippen LogP contribution in [0.1, 0.15) is 0 Å². The van der Waals surface area contributed by atoms with Crippen molar-refractivity contribution in [1.29, 1.82) is 0 Å². The number of nitrogens with one attached hydrogen (secondary N) is 2. The van der Waals surface area contributed by atoms with E-state index in [0.29, 0.717) is 13.1 Å². The van der Waals surface area contributed by atoms with E-state index in [-0.39, 0.29) is 24.2 Å². The largest absolute Gasteiger partial charge is 0.360 e. The zero-order valence-corrected chi connectivity index (χ0v) is 11.7. The van der Waals surface area contributed by atoms with Crippen molar-refractivity contribution in [1.82, 2.24) is 20.2 Å². The molecule has 0 unspecified atom stereocenters. The van der Waals surface area contributed by atoms with Crippen LogP contribution >= 0.6 is 0 Å². The molecule has 0 bridgehead atoms. The van der Waals surface area contributed by atoms with Gasteiger partial charge in [0, 0.05) is 40.3 Å². The number of halogens is 1. The van der Waals surface area contributed by atoms with Crippen LogP contribution in [0.15, 0.2) is 6.20 Å². The second kappa shape index (κ2) is 6.47. The first-order valence-electron chi connectivity index (χ1n) is 6.50. The first-order valence-corrected chi connectivity index (χ1v) is 6.50. The number of hydrogen-bond acceptors (Lipinski definition) is 6. The van der Waals surface area contributed by atoms with E-state index in [9.17, 15) is 9.18 Å². The summed E-state index contributed by atoms with van der Waals surface area (Å²) in [7, 11) is 3.39. The molecule has 0 saturated carbocycles. The van der Waals surface area contributed by atoms with Gasteiger partial charge in [-0.25, -0.2) is 9.37 Å². The van der Waals surface area contributed by atoms with E-state index in [1.54, 1.807) is 23.9 Å². The van der Waals surface area contributed by atoms with Crippen molar-refractivity contribution in [3.63, 3.8) is 0 Å². The summed E-state index contributed by atoms with van der Waals surface area (Å²) in [5.41, 5.74) is 0. The van der Waals surface area contributed by atoms with Crippen molar-refractivity contribution in [2.45, 2.75) is 0 Å². The van der Waals surface area contributed by atoms with Crippen LogP contribution in [-0.2, 0) is 4.79 Å². The number of anilines is 2. The van der Waals surface area contributed by atoms with Crippen molar-refractivity contribution in [2.24, 2.45) is 0 Å². The van der Waals surface area contributed by atoms with Gasteiger partial charge in [0.15, 0.2) is 11.6 Å². The topological polar surface area (TPSA) is 73.4 Å². The smallest absolute Gasteiger partial charge is 0.242 e. The Balaban J connectivity index is 1.93. The van der Waals surface area contributed by atoms with E-state index in [2.05, 4.69) is 20.6 Å². The maximum absolute atomic E-state index is 13.4. The van der Waals surface area contributed by atoms with Crippen molar-refractivity contribution >= 4 is 17.7 Å². The summed E-state index contributed by atoms with van der Waals surface area (Å²) in [4.78, 5) is 23.2. The molecule has 20 heavy (non-hydrogen) atoms. The van der Waals surface area contributed by atoms with Crippen LogP contribution in [0.2, 0.25) is 0 Å². The Morgan fingerprint density at radius 1 is 1.50 bits per heavy atom. The average Bonchev–Trinajstić information content (AvgIpc) is 2.46. The Kier molecular flexibility index (Phi) is 4.67. The summed E-state index contributed by atoms with van der Waals surface area (Å²) >= 11 is 0. The first kappa shape index (κ1) is 14.4. The lowest BCUT2D eigenvalue weighted by atomic mass is 10.3. The highest BCUT2D eigenvalue weighted by Gasteiger charge is 2.16. The van der Waals surface area contributed by atoms with Gasteiger partial charge in [-0.3, -0.25) is 4.79 Å². The zero-order chi connectivity index (χ0) is 14.5. The number of rotatable bonds is 4. The molecule has 7 nitrogen and oxygen atoms in total. The third-order valence-electron chi connectivity index (χ3n) is 3.02. The van der Waals surface area contributed by atoms with Gasteiger partial charge in [-0.05, 0) is 0 Å². The highest BCUT2D eigenvalue weighted by molar-refractivity contribution is 5.80. The van der Waals surface area contributed by atoms with E-state index < -0.39 is 5.82 Å². The molecule has 1 aromatic rings. The second-order valence-corrected chi connectivity index (χ2v) is 4.74. The van der Waals surface area contributed by atoms with E-state index in [1.165, 1.54) is 0 Å². The van der Waals surface area contributed by atoms with Gasteiger partial charge >= 0.3 is 0 Å². The van der Waals surface area contributed by atoms with Gasteiger partial charge in [-0.15, -0.1) is 0 Å². The van der Waals surface area contributed by atoms with Gasteiger partial charge in [0.1, 0.15) is 0 Å². The fourth-order valence-corrected chi connectivity index (χ4v) is 1.94. The quantitative estimate of drug-likeness (QED) is 0.777. The molecule has 8 heteroatoms. The Morgan fingerprint density at radius 3 is 2.85 bits per heavy atom. The van der Waals surface area contributed by atoms with Crippen LogP contribution in [0, 0.1) is 5.82 Å². The minimum Gasteiger partial charge on any atom is -0.360 e. The Bertz CT molecular complexity index is 475. The minimum absolute atomic E-state index is 0.00849. The molecular weight excluding hydrogens is 263 g/mol. The van der Waals surface area contributed by atoms with E-state index in [0.717, 1.165) is 19.3 Å². The van der Waals surface area contributed by atoms with E-state index in [1.807, 2.05) is 0 Å². The lowest BCUT2D eigenvalue weighted by Crippen LogP contribution is -2.48. The molecule has 1 fully saturated rings. The molecule has 1 aliphatic heterocycles. The predicted molar refractivity (Wildman–Crippen MR) is 74.3 cm³/mol. The van der Waals surface area contributed by atoms with Gasteiger partial charge < -0.3 is 20.4 Å². The standard InChI is InChI=1S/C12H19FN6O/c1-18(2)11-9(13)7-15-12(17-11)16-8-10(20)19-5-3-14-4-6-19/h7,14H,3-6,8H2,1-2H3,(H,15,16,17). The molecule has 1 amide bonds. The highest BCUT2D eigenvalue weighted by Crippen LogP contribution is 2.14. The van der Waals surface area contributed by atoms with Gasteiger partial charge in [-0.2, -0.15) is 4.98 Å². The fraction of sp³-hybridized carbons (Fsp3) is 0.583. The van der Waals surface area contributed by atoms with Crippen molar-refractivity contribution in [3.8, 4) is 0 Å². The molecule has 0 radical (unpaired) electrons. The van der Waals surface area contributed by atoms with Gasteiger partial charge in [0.05, 0.1) is 12.7 Å². The first-order chi connectivity index (χ1) is 9.58. The molecule has 2 heterocycles. The molecule has 0 aromatic carbocycles. The van der Waals surface area contributed by atoms with Crippen LogP contribution in [0.3, 0.4) is 0 Å². The maximum atomic E-state index is 13.4. The molecule has 2 N–H and O–H groups in total. The van der Waals surface area contributed by atoms with Crippen LogP contribution in [0.4, 0.5) is 16.2 Å². The van der Waals surface area contributed by atoms with E-state index in [4.69, 9.17) is 0 Å². The van der Waals surface area contributed by atoms with Gasteiger partial charge in [0.25, 0.3) is 0 Å². The molecule has 1 aromatic heterocycles. The lowest BCUT2D eigenvalue weighted by Gasteiger charge is -2.27. The molecule has 0 aliphatic carbocycles. The molecular formula is C12H19FN6O. The number of hydrogen-bond donors (Lipinski definition) is 2. The summed E-state index contributed by atoms with van der Waals surface area (Å²) in [6.07, 6.45) is 1.10. The van der Waals surface area contributed by atoms with Crippen molar-refractivity contribution < 1.29 is 9.18 Å². The predicted octanol–water partition coefficient (Wildman–Crippen LogP) is -0.475. The number of carbonyl (C=O) groups excluding carboxylic acids is 1. The fourth-order valence-electron chi connectivity index (χ4n) is 1.94. The summed E-state index contributed by atoms with van der Waals surface area (Å²) < 4.78 is 13.4. The van der Waals surface area contributed by atoms with Gasteiger partial charge in [-0.1, -0.05) is 0 Å². The second-order valence-electron chi connectivity index (χ2n) is 4.74. The van der Waals surface area contributed by atoms with Crippen LogP contribution in [-0.4, -0.2) is 67.6 Å². The minimum atomic E-state index is -0.492. The number of carbonyl (C=O) groups is 1. The zero-order valence-electron chi connectivity index (χ0n) is 11.7. The summed E-state index contributed by atoms with van der Waals surface area (Å²) in [6, 6.07) is 0. The molecule has 0 spiro atoms. The molecule has 1 saturated heterocycles. The molecule has 1 aliphatic rings. The average molecular weight is 282 g/mol. The van der Waals surface area contributed by atoms with Crippen molar-refractivity contribution in [2.75, 3.05) is 57.0 Å².